The van der Waals surface area contributed by atoms with Gasteiger partial charge in [0.2, 0.25) is 11.1 Å². The number of urea groups is 1. The summed E-state index contributed by atoms with van der Waals surface area (Å²) in [5.74, 6) is 0.217. The second kappa shape index (κ2) is 7.95. The SMILES string of the molecule is CNC(=O)NC(=O)[C@H](Sc1n[nH]c(-c2cccs2)n1)c1ccccc1. The Hall–Kier alpha value is -2.65. The van der Waals surface area contributed by atoms with E-state index in [-0.39, 0.29) is 0 Å². The minimum atomic E-state index is -0.648. The number of H-pyrrole nitrogens is 1. The van der Waals surface area contributed by atoms with Crippen molar-refractivity contribution < 1.29 is 9.59 Å². The van der Waals surface area contributed by atoms with Gasteiger partial charge in [-0.15, -0.1) is 16.4 Å². The van der Waals surface area contributed by atoms with E-state index in [9.17, 15) is 9.59 Å². The van der Waals surface area contributed by atoms with Crippen molar-refractivity contribution in [1.29, 1.82) is 0 Å². The molecule has 0 saturated heterocycles. The number of hydrogen-bond donors (Lipinski definition) is 3. The van der Waals surface area contributed by atoms with Gasteiger partial charge >= 0.3 is 6.03 Å². The fourth-order valence-corrected chi connectivity index (χ4v) is 3.64. The first kappa shape index (κ1) is 17.2. The zero-order valence-corrected chi connectivity index (χ0v) is 14.9. The lowest BCUT2D eigenvalue weighted by Gasteiger charge is -2.14. The largest absolute Gasteiger partial charge is 0.341 e. The summed E-state index contributed by atoms with van der Waals surface area (Å²) in [6.07, 6.45) is 0. The minimum Gasteiger partial charge on any atom is -0.341 e. The van der Waals surface area contributed by atoms with Gasteiger partial charge in [-0.05, 0) is 17.0 Å². The summed E-state index contributed by atoms with van der Waals surface area (Å²) in [5, 5.41) is 13.5. The Balaban J connectivity index is 1.82. The fraction of sp³-hybridized carbons (Fsp3) is 0.125. The van der Waals surface area contributed by atoms with Gasteiger partial charge in [0.15, 0.2) is 5.82 Å². The van der Waals surface area contributed by atoms with Gasteiger partial charge in [-0.25, -0.2) is 9.78 Å². The first-order chi connectivity index (χ1) is 12.2. The van der Waals surface area contributed by atoms with Gasteiger partial charge in [0.1, 0.15) is 5.25 Å². The van der Waals surface area contributed by atoms with Crippen LogP contribution in [0, 0.1) is 0 Å². The molecular formula is C16H15N5O2S2. The van der Waals surface area contributed by atoms with Gasteiger partial charge in [-0.1, -0.05) is 48.2 Å². The van der Waals surface area contributed by atoms with E-state index < -0.39 is 17.2 Å². The van der Waals surface area contributed by atoms with Crippen molar-refractivity contribution in [3.8, 4) is 10.7 Å². The van der Waals surface area contributed by atoms with Crippen LogP contribution in [0.3, 0.4) is 0 Å². The van der Waals surface area contributed by atoms with Crippen molar-refractivity contribution in [3.63, 3.8) is 0 Å². The zero-order chi connectivity index (χ0) is 17.6. The summed E-state index contributed by atoms with van der Waals surface area (Å²) in [4.78, 5) is 29.4. The lowest BCUT2D eigenvalue weighted by molar-refractivity contribution is -0.119. The lowest BCUT2D eigenvalue weighted by atomic mass is 10.1. The predicted molar refractivity (Wildman–Crippen MR) is 97.3 cm³/mol. The van der Waals surface area contributed by atoms with Crippen LogP contribution in [0.2, 0.25) is 0 Å². The second-order valence-corrected chi connectivity index (χ2v) is 6.94. The van der Waals surface area contributed by atoms with Crippen LogP contribution in [0.25, 0.3) is 10.7 Å². The van der Waals surface area contributed by atoms with Crippen molar-refractivity contribution in [3.05, 3.63) is 53.4 Å². The van der Waals surface area contributed by atoms with E-state index in [1.165, 1.54) is 18.8 Å². The van der Waals surface area contributed by atoms with Crippen molar-refractivity contribution in [1.82, 2.24) is 25.8 Å². The number of rotatable bonds is 5. The molecule has 0 bridgehead atoms. The van der Waals surface area contributed by atoms with Gasteiger partial charge in [0.05, 0.1) is 4.88 Å². The smallest absolute Gasteiger partial charge is 0.321 e. The van der Waals surface area contributed by atoms with E-state index in [4.69, 9.17) is 0 Å². The number of nitrogens with one attached hydrogen (secondary N) is 3. The number of benzene rings is 1. The Kier molecular flexibility index (Phi) is 5.46. The highest BCUT2D eigenvalue weighted by atomic mass is 32.2. The Labute approximate surface area is 152 Å². The van der Waals surface area contributed by atoms with Crippen LogP contribution in [-0.4, -0.2) is 34.2 Å². The molecule has 25 heavy (non-hydrogen) atoms. The van der Waals surface area contributed by atoms with Crippen LogP contribution in [-0.2, 0) is 4.79 Å². The third-order valence-corrected chi connectivity index (χ3v) is 5.24. The second-order valence-electron chi connectivity index (χ2n) is 4.92. The normalized spacial score (nSPS) is 11.7. The highest BCUT2D eigenvalue weighted by Gasteiger charge is 2.25. The van der Waals surface area contributed by atoms with Gasteiger partial charge in [-0.3, -0.25) is 15.2 Å². The van der Waals surface area contributed by atoms with Crippen LogP contribution in [0.15, 0.2) is 53.0 Å². The maximum Gasteiger partial charge on any atom is 0.321 e. The van der Waals surface area contributed by atoms with Crippen LogP contribution >= 0.6 is 23.1 Å². The third-order valence-electron chi connectivity index (χ3n) is 3.25. The van der Waals surface area contributed by atoms with Crippen LogP contribution in [0.5, 0.6) is 0 Å². The quantitative estimate of drug-likeness (QED) is 0.597. The molecular weight excluding hydrogens is 358 g/mol. The molecule has 0 radical (unpaired) electrons. The maximum atomic E-state index is 12.5. The number of aromatic amines is 1. The number of amides is 3. The van der Waals surface area contributed by atoms with Crippen molar-refractivity contribution >= 4 is 35.0 Å². The highest BCUT2D eigenvalue weighted by Crippen LogP contribution is 2.34. The average Bonchev–Trinajstić information content (AvgIpc) is 3.31. The highest BCUT2D eigenvalue weighted by molar-refractivity contribution is 8.00. The molecule has 128 valence electrons. The summed E-state index contributed by atoms with van der Waals surface area (Å²) < 4.78 is 0. The molecule has 2 aromatic heterocycles. The van der Waals surface area contributed by atoms with Crippen molar-refractivity contribution in [2.75, 3.05) is 7.05 Å². The molecule has 0 fully saturated rings. The fourth-order valence-electron chi connectivity index (χ4n) is 2.07. The molecule has 0 aliphatic rings. The number of hydrogen-bond acceptors (Lipinski definition) is 6. The van der Waals surface area contributed by atoms with E-state index in [0.717, 1.165) is 10.4 Å². The molecule has 1 aromatic carbocycles. The molecule has 0 spiro atoms. The van der Waals surface area contributed by atoms with Crippen molar-refractivity contribution in [2.24, 2.45) is 0 Å². The number of aromatic nitrogens is 3. The molecule has 3 N–H and O–H groups in total. The maximum absolute atomic E-state index is 12.5. The minimum absolute atomic E-state index is 0.432. The summed E-state index contributed by atoms with van der Waals surface area (Å²) in [6, 6.07) is 12.5. The summed E-state index contributed by atoms with van der Waals surface area (Å²) in [5.41, 5.74) is 0.761. The van der Waals surface area contributed by atoms with E-state index in [1.54, 1.807) is 11.3 Å². The monoisotopic (exact) mass is 373 g/mol. The Morgan fingerprint density at radius 2 is 2.00 bits per heavy atom. The van der Waals surface area contributed by atoms with Gasteiger partial charge in [0.25, 0.3) is 0 Å². The third kappa shape index (κ3) is 4.25. The van der Waals surface area contributed by atoms with Gasteiger partial charge in [-0.2, -0.15) is 0 Å². The van der Waals surface area contributed by atoms with E-state index in [0.29, 0.717) is 11.0 Å². The molecule has 0 aliphatic carbocycles. The summed E-state index contributed by atoms with van der Waals surface area (Å²) in [6.45, 7) is 0. The first-order valence-electron chi connectivity index (χ1n) is 7.38. The molecule has 3 amide bonds. The standard InChI is InChI=1S/C16H15N5O2S2/c1-17-15(23)19-14(22)12(10-6-3-2-4-7-10)25-16-18-13(20-21-16)11-8-5-9-24-11/h2-9,12H,1H3,(H,18,20,21)(H2,17,19,22,23)/t12-/m1/s1. The lowest BCUT2D eigenvalue weighted by Crippen LogP contribution is -2.39. The van der Waals surface area contributed by atoms with Crippen LogP contribution < -0.4 is 10.6 Å². The van der Waals surface area contributed by atoms with E-state index in [2.05, 4.69) is 25.8 Å². The number of thiophene rings is 1. The number of nitrogens with zero attached hydrogens (tertiary/aromatic N) is 2. The average molecular weight is 373 g/mol. The molecule has 0 saturated carbocycles. The molecule has 0 unspecified atom stereocenters. The van der Waals surface area contributed by atoms with E-state index >= 15 is 0 Å². The summed E-state index contributed by atoms with van der Waals surface area (Å²) in [7, 11) is 1.45. The Morgan fingerprint density at radius 1 is 1.20 bits per heavy atom. The van der Waals surface area contributed by atoms with Crippen molar-refractivity contribution in [2.45, 2.75) is 10.4 Å². The topological polar surface area (TPSA) is 99.8 Å². The molecule has 2 heterocycles. The molecule has 9 heteroatoms. The Bertz CT molecular complexity index is 849. The van der Waals surface area contributed by atoms with Gasteiger partial charge < -0.3 is 5.32 Å². The summed E-state index contributed by atoms with van der Waals surface area (Å²) >= 11 is 2.73. The molecule has 3 rings (SSSR count). The molecule has 7 nitrogen and oxygen atoms in total. The molecule has 1 atom stereocenters. The zero-order valence-electron chi connectivity index (χ0n) is 13.2. The first-order valence-corrected chi connectivity index (χ1v) is 9.14. The molecule has 0 aliphatic heterocycles. The number of carbonyl (C=O) groups excluding carboxylic acids is 2. The van der Waals surface area contributed by atoms with Crippen LogP contribution in [0.1, 0.15) is 10.8 Å². The number of carbonyl (C=O) groups is 2. The predicted octanol–water partition coefficient (Wildman–Crippen LogP) is 2.82. The van der Waals surface area contributed by atoms with E-state index in [1.807, 2.05) is 47.8 Å². The number of thioether (sulfide) groups is 1. The Morgan fingerprint density at radius 3 is 2.68 bits per heavy atom. The molecule has 3 aromatic rings. The number of imide groups is 1. The van der Waals surface area contributed by atoms with Crippen LogP contribution in [0.4, 0.5) is 4.79 Å². The van der Waals surface area contributed by atoms with Gasteiger partial charge in [0, 0.05) is 7.05 Å².